The summed E-state index contributed by atoms with van der Waals surface area (Å²) in [4.78, 5) is 26.1. The van der Waals surface area contributed by atoms with Gasteiger partial charge in [-0.15, -0.1) is 0 Å². The molecule has 0 radical (unpaired) electrons. The summed E-state index contributed by atoms with van der Waals surface area (Å²) in [6.45, 7) is 7.48. The van der Waals surface area contributed by atoms with Gasteiger partial charge in [-0.2, -0.15) is 0 Å². The smallest absolute Gasteiger partial charge is 0.262 e. The number of carbonyl (C=O) groups is 1. The zero-order valence-corrected chi connectivity index (χ0v) is 19.9. The molecule has 34 heavy (non-hydrogen) atoms. The quantitative estimate of drug-likeness (QED) is 0.401. The molecule has 0 unspecified atom stereocenters. The number of aryl methyl sites for hydroxylation is 4. The van der Waals surface area contributed by atoms with E-state index in [2.05, 4.69) is 5.32 Å². The van der Waals surface area contributed by atoms with Crippen LogP contribution in [0, 0.1) is 27.7 Å². The minimum atomic E-state index is -0.368. The zero-order valence-electron chi connectivity index (χ0n) is 19.9. The van der Waals surface area contributed by atoms with Crippen molar-refractivity contribution in [3.8, 4) is 22.8 Å². The van der Waals surface area contributed by atoms with Gasteiger partial charge in [0.25, 0.3) is 5.91 Å². The van der Waals surface area contributed by atoms with Crippen LogP contribution in [0.2, 0.25) is 0 Å². The van der Waals surface area contributed by atoms with Crippen molar-refractivity contribution in [3.63, 3.8) is 0 Å². The summed E-state index contributed by atoms with van der Waals surface area (Å²) in [6, 6.07) is 16.5. The monoisotopic (exact) mass is 457 g/mol. The highest BCUT2D eigenvalue weighted by molar-refractivity contribution is 5.93. The van der Waals surface area contributed by atoms with Crippen LogP contribution in [0.5, 0.6) is 11.5 Å². The summed E-state index contributed by atoms with van der Waals surface area (Å²) in [5, 5.41) is 3.25. The first kappa shape index (κ1) is 23.1. The van der Waals surface area contributed by atoms with Crippen molar-refractivity contribution >= 4 is 22.6 Å². The summed E-state index contributed by atoms with van der Waals surface area (Å²) in [7, 11) is 1.58. The molecule has 0 fully saturated rings. The number of carbonyl (C=O) groups excluding carboxylic acids is 1. The lowest BCUT2D eigenvalue weighted by Crippen LogP contribution is -2.23. The summed E-state index contributed by atoms with van der Waals surface area (Å²) in [6.07, 6.45) is 0. The summed E-state index contributed by atoms with van der Waals surface area (Å²) in [5.41, 5.74) is 5.52. The normalized spacial score (nSPS) is 10.9. The van der Waals surface area contributed by atoms with Crippen molar-refractivity contribution in [2.75, 3.05) is 19.0 Å². The van der Waals surface area contributed by atoms with E-state index in [1.54, 1.807) is 37.4 Å². The van der Waals surface area contributed by atoms with Gasteiger partial charge in [-0.1, -0.05) is 17.7 Å². The molecule has 6 nitrogen and oxygen atoms in total. The number of rotatable bonds is 6. The van der Waals surface area contributed by atoms with E-state index in [0.717, 1.165) is 22.3 Å². The van der Waals surface area contributed by atoms with E-state index in [0.29, 0.717) is 28.0 Å². The Bertz CT molecular complexity index is 1430. The van der Waals surface area contributed by atoms with Gasteiger partial charge in [-0.3, -0.25) is 9.59 Å². The van der Waals surface area contributed by atoms with Gasteiger partial charge in [0.2, 0.25) is 11.2 Å². The van der Waals surface area contributed by atoms with Crippen molar-refractivity contribution in [2.45, 2.75) is 27.7 Å². The second-order valence-corrected chi connectivity index (χ2v) is 8.41. The molecule has 0 bridgehead atoms. The second-order valence-electron chi connectivity index (χ2n) is 8.41. The average Bonchev–Trinajstić information content (AvgIpc) is 2.81. The van der Waals surface area contributed by atoms with Crippen molar-refractivity contribution in [2.24, 2.45) is 0 Å². The minimum absolute atomic E-state index is 0.00306. The maximum Gasteiger partial charge on any atom is 0.262 e. The van der Waals surface area contributed by atoms with Gasteiger partial charge in [0.15, 0.2) is 12.4 Å². The maximum absolute atomic E-state index is 13.4. The molecule has 0 aliphatic carbocycles. The van der Waals surface area contributed by atoms with E-state index in [-0.39, 0.29) is 29.5 Å². The fraction of sp³-hybridized carbons (Fsp3) is 0.214. The molecule has 174 valence electrons. The molecule has 0 saturated heterocycles. The van der Waals surface area contributed by atoms with Crippen molar-refractivity contribution in [1.82, 2.24) is 0 Å². The Morgan fingerprint density at radius 3 is 2.29 bits per heavy atom. The Balaban J connectivity index is 1.71. The van der Waals surface area contributed by atoms with Crippen molar-refractivity contribution < 1.29 is 18.7 Å². The van der Waals surface area contributed by atoms with Crippen LogP contribution in [0.15, 0.2) is 63.8 Å². The molecule has 4 rings (SSSR count). The SMILES string of the molecule is COc1ccc(-c2oc3cc(C)c(C)cc3c(=O)c2OCC(=O)Nc2ccc(C)cc2C)cc1. The van der Waals surface area contributed by atoms with Gasteiger partial charge in [0, 0.05) is 11.3 Å². The molecular weight excluding hydrogens is 430 g/mol. The summed E-state index contributed by atoms with van der Waals surface area (Å²) < 4.78 is 17.2. The third-order valence-corrected chi connectivity index (χ3v) is 5.82. The second kappa shape index (κ2) is 9.43. The highest BCUT2D eigenvalue weighted by Gasteiger charge is 2.20. The van der Waals surface area contributed by atoms with Crippen LogP contribution in [0.4, 0.5) is 5.69 Å². The van der Waals surface area contributed by atoms with E-state index in [4.69, 9.17) is 13.9 Å². The molecule has 1 amide bonds. The number of nitrogens with one attached hydrogen (secondary N) is 1. The van der Waals surface area contributed by atoms with Gasteiger partial charge in [0.05, 0.1) is 12.5 Å². The molecular formula is C28H27NO5. The largest absolute Gasteiger partial charge is 0.497 e. The molecule has 0 atom stereocenters. The number of amides is 1. The highest BCUT2D eigenvalue weighted by atomic mass is 16.5. The van der Waals surface area contributed by atoms with Crippen LogP contribution in [0.3, 0.4) is 0 Å². The van der Waals surface area contributed by atoms with Crippen LogP contribution < -0.4 is 20.2 Å². The lowest BCUT2D eigenvalue weighted by Gasteiger charge is -2.14. The molecule has 6 heteroatoms. The molecule has 1 N–H and O–H groups in total. The fourth-order valence-corrected chi connectivity index (χ4v) is 3.77. The van der Waals surface area contributed by atoms with E-state index in [1.165, 1.54) is 0 Å². The number of fused-ring (bicyclic) bond motifs is 1. The molecule has 0 aliphatic heterocycles. The van der Waals surface area contributed by atoms with Gasteiger partial charge in [0.1, 0.15) is 11.3 Å². The predicted octanol–water partition coefficient (Wildman–Crippen LogP) is 5.72. The summed E-state index contributed by atoms with van der Waals surface area (Å²) >= 11 is 0. The molecule has 0 saturated carbocycles. The maximum atomic E-state index is 13.4. The Hall–Kier alpha value is -4.06. The first-order valence-corrected chi connectivity index (χ1v) is 11.0. The topological polar surface area (TPSA) is 77.8 Å². The van der Waals surface area contributed by atoms with Crippen molar-refractivity contribution in [1.29, 1.82) is 0 Å². The first-order chi connectivity index (χ1) is 16.3. The first-order valence-electron chi connectivity index (χ1n) is 11.0. The van der Waals surface area contributed by atoms with E-state index < -0.39 is 0 Å². The Morgan fingerprint density at radius 2 is 1.62 bits per heavy atom. The number of hydrogen-bond acceptors (Lipinski definition) is 5. The van der Waals surface area contributed by atoms with Crippen molar-refractivity contribution in [3.05, 3.63) is 87.1 Å². The highest BCUT2D eigenvalue weighted by Crippen LogP contribution is 2.33. The van der Waals surface area contributed by atoms with Gasteiger partial charge < -0.3 is 19.2 Å². The molecule has 3 aromatic carbocycles. The van der Waals surface area contributed by atoms with E-state index >= 15 is 0 Å². The minimum Gasteiger partial charge on any atom is -0.497 e. The summed E-state index contributed by atoms with van der Waals surface area (Å²) in [5.74, 6) is 0.570. The Labute approximate surface area is 198 Å². The predicted molar refractivity (Wildman–Crippen MR) is 134 cm³/mol. The van der Waals surface area contributed by atoms with Crippen LogP contribution >= 0.6 is 0 Å². The number of benzene rings is 3. The van der Waals surface area contributed by atoms with Crippen LogP contribution in [-0.4, -0.2) is 19.6 Å². The Kier molecular flexibility index (Phi) is 6.41. The zero-order chi connectivity index (χ0) is 24.4. The molecule has 4 aromatic rings. The molecule has 1 heterocycles. The van der Waals surface area contributed by atoms with Gasteiger partial charge >= 0.3 is 0 Å². The fourth-order valence-electron chi connectivity index (χ4n) is 3.77. The Morgan fingerprint density at radius 1 is 0.912 bits per heavy atom. The number of hydrogen-bond donors (Lipinski definition) is 1. The van der Waals surface area contributed by atoms with Gasteiger partial charge in [-0.05, 0) is 86.8 Å². The average molecular weight is 458 g/mol. The lowest BCUT2D eigenvalue weighted by atomic mass is 10.0. The third-order valence-electron chi connectivity index (χ3n) is 5.82. The van der Waals surface area contributed by atoms with Crippen LogP contribution in [0.25, 0.3) is 22.3 Å². The van der Waals surface area contributed by atoms with Gasteiger partial charge in [-0.25, -0.2) is 0 Å². The lowest BCUT2D eigenvalue weighted by molar-refractivity contribution is -0.118. The van der Waals surface area contributed by atoms with Crippen LogP contribution in [0.1, 0.15) is 22.3 Å². The molecule has 0 aliphatic rings. The molecule has 1 aromatic heterocycles. The standard InChI is InChI=1S/C28H27NO5/c1-16-6-11-23(19(4)12-16)29-25(30)15-33-28-26(31)22-13-17(2)18(3)14-24(22)34-27(28)20-7-9-21(32-5)10-8-20/h6-14H,15H2,1-5H3,(H,29,30). The van der Waals surface area contributed by atoms with E-state index in [9.17, 15) is 9.59 Å². The number of ether oxygens (including phenoxy) is 2. The molecule has 0 spiro atoms. The third kappa shape index (κ3) is 4.66. The number of methoxy groups -OCH3 is 1. The van der Waals surface area contributed by atoms with Crippen LogP contribution in [-0.2, 0) is 4.79 Å². The van der Waals surface area contributed by atoms with E-state index in [1.807, 2.05) is 52.0 Å². The number of anilines is 1.